The van der Waals surface area contributed by atoms with Crippen LogP contribution in [0, 0.1) is 0 Å². The first kappa shape index (κ1) is 11.0. The van der Waals surface area contributed by atoms with Crippen LogP contribution in [0.2, 0.25) is 0 Å². The maximum Gasteiger partial charge on any atom is 0.225 e. The maximum absolute atomic E-state index is 4.45. The summed E-state index contributed by atoms with van der Waals surface area (Å²) in [6, 6.07) is 1.40. The molecular formula is C13H20N4. The van der Waals surface area contributed by atoms with Gasteiger partial charge in [-0.25, -0.2) is 9.97 Å². The Morgan fingerprint density at radius 3 is 2.47 bits per heavy atom. The quantitative estimate of drug-likeness (QED) is 0.839. The molecule has 0 aromatic carbocycles. The number of nitrogens with one attached hydrogen (secondary N) is 1. The second-order valence-corrected chi connectivity index (χ2v) is 5.24. The van der Waals surface area contributed by atoms with Crippen molar-refractivity contribution in [3.05, 3.63) is 18.0 Å². The SMILES string of the molecule is CN(c1ncc(CNC2CC2)cn1)C1CCC1. The Morgan fingerprint density at radius 1 is 1.24 bits per heavy atom. The lowest BCUT2D eigenvalue weighted by atomic mass is 9.92. The molecule has 0 spiro atoms. The molecule has 0 amide bonds. The van der Waals surface area contributed by atoms with Gasteiger partial charge < -0.3 is 10.2 Å². The van der Waals surface area contributed by atoms with Crippen LogP contribution in [-0.4, -0.2) is 29.1 Å². The van der Waals surface area contributed by atoms with Gasteiger partial charge in [-0.15, -0.1) is 0 Å². The molecule has 0 aliphatic heterocycles. The molecule has 0 radical (unpaired) electrons. The van der Waals surface area contributed by atoms with Crippen LogP contribution in [0.15, 0.2) is 12.4 Å². The highest BCUT2D eigenvalue weighted by atomic mass is 15.3. The van der Waals surface area contributed by atoms with E-state index in [1.807, 2.05) is 12.4 Å². The lowest BCUT2D eigenvalue weighted by Gasteiger charge is -2.34. The molecule has 2 aliphatic carbocycles. The van der Waals surface area contributed by atoms with E-state index in [-0.39, 0.29) is 0 Å². The summed E-state index contributed by atoms with van der Waals surface area (Å²) >= 11 is 0. The number of anilines is 1. The van der Waals surface area contributed by atoms with Crippen molar-refractivity contribution in [2.75, 3.05) is 11.9 Å². The van der Waals surface area contributed by atoms with Gasteiger partial charge in [0, 0.05) is 43.6 Å². The molecule has 1 heterocycles. The molecule has 1 aromatic heterocycles. The van der Waals surface area contributed by atoms with E-state index in [1.165, 1.54) is 37.7 Å². The van der Waals surface area contributed by atoms with Gasteiger partial charge in [-0.3, -0.25) is 0 Å². The summed E-state index contributed by atoms with van der Waals surface area (Å²) in [5.74, 6) is 0.866. The van der Waals surface area contributed by atoms with Crippen molar-refractivity contribution in [2.24, 2.45) is 0 Å². The summed E-state index contributed by atoms with van der Waals surface area (Å²) in [7, 11) is 2.10. The lowest BCUT2D eigenvalue weighted by Crippen LogP contribution is -2.38. The zero-order valence-corrected chi connectivity index (χ0v) is 10.4. The van der Waals surface area contributed by atoms with E-state index in [0.29, 0.717) is 6.04 Å². The number of aromatic nitrogens is 2. The zero-order valence-electron chi connectivity index (χ0n) is 10.4. The molecular weight excluding hydrogens is 212 g/mol. The Bertz CT molecular complexity index is 368. The Morgan fingerprint density at radius 2 is 1.94 bits per heavy atom. The van der Waals surface area contributed by atoms with E-state index in [4.69, 9.17) is 0 Å². The van der Waals surface area contributed by atoms with Crippen LogP contribution < -0.4 is 10.2 Å². The predicted octanol–water partition coefficient (Wildman–Crippen LogP) is 1.72. The smallest absolute Gasteiger partial charge is 0.225 e. The highest BCUT2D eigenvalue weighted by Gasteiger charge is 2.24. The summed E-state index contributed by atoms with van der Waals surface area (Å²) < 4.78 is 0. The van der Waals surface area contributed by atoms with Crippen molar-refractivity contribution < 1.29 is 0 Å². The van der Waals surface area contributed by atoms with Gasteiger partial charge in [-0.2, -0.15) is 0 Å². The van der Waals surface area contributed by atoms with Crippen molar-refractivity contribution in [3.8, 4) is 0 Å². The molecule has 92 valence electrons. The van der Waals surface area contributed by atoms with Gasteiger partial charge in [0.1, 0.15) is 0 Å². The molecule has 3 rings (SSSR count). The fourth-order valence-electron chi connectivity index (χ4n) is 2.11. The zero-order chi connectivity index (χ0) is 11.7. The summed E-state index contributed by atoms with van der Waals surface area (Å²) in [4.78, 5) is 11.1. The largest absolute Gasteiger partial charge is 0.341 e. The summed E-state index contributed by atoms with van der Waals surface area (Å²) in [6.45, 7) is 0.901. The van der Waals surface area contributed by atoms with E-state index < -0.39 is 0 Å². The first-order valence-corrected chi connectivity index (χ1v) is 6.60. The van der Waals surface area contributed by atoms with Gasteiger partial charge in [0.2, 0.25) is 5.95 Å². The molecule has 4 heteroatoms. The lowest BCUT2D eigenvalue weighted by molar-refractivity contribution is 0.397. The first-order chi connectivity index (χ1) is 8.33. The van der Waals surface area contributed by atoms with E-state index >= 15 is 0 Å². The third-order valence-corrected chi connectivity index (χ3v) is 3.80. The summed E-state index contributed by atoms with van der Waals surface area (Å²) in [5.41, 5.74) is 1.18. The van der Waals surface area contributed by atoms with Crippen LogP contribution in [0.3, 0.4) is 0 Å². The fourth-order valence-corrected chi connectivity index (χ4v) is 2.11. The van der Waals surface area contributed by atoms with Crippen LogP contribution in [0.1, 0.15) is 37.7 Å². The number of hydrogen-bond donors (Lipinski definition) is 1. The van der Waals surface area contributed by atoms with Crippen LogP contribution in [0.4, 0.5) is 5.95 Å². The van der Waals surface area contributed by atoms with E-state index in [0.717, 1.165) is 18.5 Å². The van der Waals surface area contributed by atoms with Crippen molar-refractivity contribution in [3.63, 3.8) is 0 Å². The minimum atomic E-state index is 0.658. The molecule has 2 saturated carbocycles. The minimum Gasteiger partial charge on any atom is -0.341 e. The van der Waals surface area contributed by atoms with Gasteiger partial charge in [0.25, 0.3) is 0 Å². The molecule has 0 unspecified atom stereocenters. The van der Waals surface area contributed by atoms with Gasteiger partial charge in [-0.05, 0) is 32.1 Å². The average molecular weight is 232 g/mol. The van der Waals surface area contributed by atoms with Crippen LogP contribution in [-0.2, 0) is 6.54 Å². The number of nitrogens with zero attached hydrogens (tertiary/aromatic N) is 3. The van der Waals surface area contributed by atoms with E-state index in [2.05, 4.69) is 27.2 Å². The van der Waals surface area contributed by atoms with Gasteiger partial charge in [0.05, 0.1) is 0 Å². The average Bonchev–Trinajstić information content (AvgIpc) is 3.08. The first-order valence-electron chi connectivity index (χ1n) is 6.60. The normalized spacial score (nSPS) is 20.1. The number of rotatable bonds is 5. The second-order valence-electron chi connectivity index (χ2n) is 5.24. The molecule has 0 saturated heterocycles. The van der Waals surface area contributed by atoms with Gasteiger partial charge in [-0.1, -0.05) is 0 Å². The summed E-state index contributed by atoms with van der Waals surface area (Å²) in [5, 5.41) is 3.47. The van der Waals surface area contributed by atoms with E-state index in [9.17, 15) is 0 Å². The van der Waals surface area contributed by atoms with Gasteiger partial charge in [0.15, 0.2) is 0 Å². The Labute approximate surface area is 102 Å². The molecule has 17 heavy (non-hydrogen) atoms. The van der Waals surface area contributed by atoms with Crippen molar-refractivity contribution >= 4 is 5.95 Å². The fraction of sp³-hybridized carbons (Fsp3) is 0.692. The Balaban J connectivity index is 1.57. The molecule has 0 atom stereocenters. The van der Waals surface area contributed by atoms with E-state index in [1.54, 1.807) is 0 Å². The van der Waals surface area contributed by atoms with Crippen LogP contribution in [0.25, 0.3) is 0 Å². The topological polar surface area (TPSA) is 41.1 Å². The Hall–Kier alpha value is -1.16. The molecule has 2 fully saturated rings. The van der Waals surface area contributed by atoms with Crippen molar-refractivity contribution in [2.45, 2.75) is 50.7 Å². The van der Waals surface area contributed by atoms with Crippen molar-refractivity contribution in [1.82, 2.24) is 15.3 Å². The molecule has 2 aliphatic rings. The summed E-state index contributed by atoms with van der Waals surface area (Å²) in [6.07, 6.45) is 10.5. The number of hydrogen-bond acceptors (Lipinski definition) is 4. The monoisotopic (exact) mass is 232 g/mol. The highest BCUT2D eigenvalue weighted by molar-refractivity contribution is 5.31. The van der Waals surface area contributed by atoms with Crippen molar-refractivity contribution in [1.29, 1.82) is 0 Å². The highest BCUT2D eigenvalue weighted by Crippen LogP contribution is 2.26. The standard InChI is InChI=1S/C13H20N4/c1-17(12-3-2-4-12)13-15-8-10(9-16-13)7-14-11-5-6-11/h8-9,11-12,14H,2-7H2,1H3. The van der Waals surface area contributed by atoms with Crippen LogP contribution in [0.5, 0.6) is 0 Å². The molecule has 1 N–H and O–H groups in total. The third-order valence-electron chi connectivity index (χ3n) is 3.80. The molecule has 4 nitrogen and oxygen atoms in total. The molecule has 0 bridgehead atoms. The van der Waals surface area contributed by atoms with Crippen LogP contribution >= 0.6 is 0 Å². The maximum atomic E-state index is 4.45. The predicted molar refractivity (Wildman–Crippen MR) is 67.9 cm³/mol. The third kappa shape index (κ3) is 2.57. The Kier molecular flexibility index (Phi) is 2.97. The molecule has 1 aromatic rings. The van der Waals surface area contributed by atoms with Gasteiger partial charge >= 0.3 is 0 Å². The minimum absolute atomic E-state index is 0.658. The second kappa shape index (κ2) is 4.61.